The topological polar surface area (TPSA) is 99.9 Å². The van der Waals surface area contributed by atoms with Gasteiger partial charge in [0.2, 0.25) is 17.6 Å². The number of carbonyl (C=O) groups is 3. The molecule has 0 unspecified atom stereocenters. The lowest BCUT2D eigenvalue weighted by Gasteiger charge is -2.19. The number of likely N-dealkylation sites (tertiary alicyclic amines) is 1. The molecule has 0 aromatic carbocycles. The molecule has 2 rings (SSSR count). The first-order valence-electron chi connectivity index (χ1n) is 6.93. The van der Waals surface area contributed by atoms with E-state index in [1.54, 1.807) is 4.90 Å². The van der Waals surface area contributed by atoms with Crippen LogP contribution >= 0.6 is 0 Å². The highest BCUT2D eigenvalue weighted by Crippen LogP contribution is 2.11. The van der Waals surface area contributed by atoms with Crippen LogP contribution in [0.3, 0.4) is 0 Å². The van der Waals surface area contributed by atoms with Crippen molar-refractivity contribution in [2.45, 2.75) is 32.2 Å². The Morgan fingerprint density at radius 3 is 2.81 bits per heavy atom. The molecule has 0 aliphatic carbocycles. The standard InChI is InChI=1S/C14H18N2O5/c17-12(9-16-7-3-1-2-4-13(16)18)15-8-10-5-6-11(21-10)14(19)20/h5-6H,1-4,7-9H2,(H,15,17)(H,19,20). The molecule has 0 spiro atoms. The van der Waals surface area contributed by atoms with Gasteiger partial charge in [0.25, 0.3) is 0 Å². The Morgan fingerprint density at radius 1 is 1.29 bits per heavy atom. The molecular formula is C14H18N2O5. The summed E-state index contributed by atoms with van der Waals surface area (Å²) in [6.07, 6.45) is 3.29. The Hall–Kier alpha value is -2.31. The number of hydrogen-bond donors (Lipinski definition) is 2. The zero-order valence-corrected chi connectivity index (χ0v) is 11.6. The molecule has 2 heterocycles. The smallest absolute Gasteiger partial charge is 0.371 e. The number of nitrogens with one attached hydrogen (secondary N) is 1. The fourth-order valence-corrected chi connectivity index (χ4v) is 2.21. The Balaban J connectivity index is 1.80. The molecule has 7 nitrogen and oxygen atoms in total. The monoisotopic (exact) mass is 294 g/mol. The summed E-state index contributed by atoms with van der Waals surface area (Å²) in [6.45, 7) is 0.746. The van der Waals surface area contributed by atoms with Crippen LogP contribution in [0.2, 0.25) is 0 Å². The summed E-state index contributed by atoms with van der Waals surface area (Å²) >= 11 is 0. The van der Waals surface area contributed by atoms with Crippen molar-refractivity contribution in [3.63, 3.8) is 0 Å². The number of hydrogen-bond acceptors (Lipinski definition) is 4. The second kappa shape index (κ2) is 6.92. The number of aromatic carboxylic acids is 1. The molecule has 2 N–H and O–H groups in total. The minimum atomic E-state index is -1.15. The quantitative estimate of drug-likeness (QED) is 0.843. The van der Waals surface area contributed by atoms with Gasteiger partial charge in [-0.3, -0.25) is 9.59 Å². The molecule has 0 radical (unpaired) electrons. The van der Waals surface area contributed by atoms with E-state index in [9.17, 15) is 14.4 Å². The first-order valence-corrected chi connectivity index (χ1v) is 6.93. The van der Waals surface area contributed by atoms with Gasteiger partial charge in [-0.15, -0.1) is 0 Å². The van der Waals surface area contributed by atoms with E-state index in [2.05, 4.69) is 5.32 Å². The first kappa shape index (κ1) is 15.1. The van der Waals surface area contributed by atoms with Gasteiger partial charge in [-0.05, 0) is 25.0 Å². The molecule has 21 heavy (non-hydrogen) atoms. The Labute approximate surface area is 121 Å². The highest BCUT2D eigenvalue weighted by atomic mass is 16.4. The largest absolute Gasteiger partial charge is 0.475 e. The van der Waals surface area contributed by atoms with Gasteiger partial charge in [0.15, 0.2) is 0 Å². The van der Waals surface area contributed by atoms with E-state index >= 15 is 0 Å². The van der Waals surface area contributed by atoms with Gasteiger partial charge < -0.3 is 19.7 Å². The first-order chi connectivity index (χ1) is 10.1. The summed E-state index contributed by atoms with van der Waals surface area (Å²) in [5, 5.41) is 11.3. The van der Waals surface area contributed by atoms with Gasteiger partial charge in [0.1, 0.15) is 5.76 Å². The number of carbonyl (C=O) groups excluding carboxylic acids is 2. The van der Waals surface area contributed by atoms with Gasteiger partial charge in [0.05, 0.1) is 13.1 Å². The summed E-state index contributed by atoms with van der Waals surface area (Å²) in [6, 6.07) is 2.84. The third kappa shape index (κ3) is 4.34. The van der Waals surface area contributed by atoms with Crippen LogP contribution in [0.4, 0.5) is 0 Å². The summed E-state index contributed by atoms with van der Waals surface area (Å²) < 4.78 is 5.03. The van der Waals surface area contributed by atoms with Gasteiger partial charge in [0, 0.05) is 13.0 Å². The van der Waals surface area contributed by atoms with Crippen LogP contribution < -0.4 is 5.32 Å². The molecule has 2 amide bonds. The Morgan fingerprint density at radius 2 is 2.10 bits per heavy atom. The van der Waals surface area contributed by atoms with Crippen molar-refractivity contribution in [3.05, 3.63) is 23.7 Å². The third-order valence-electron chi connectivity index (χ3n) is 3.34. The molecule has 1 aliphatic heterocycles. The highest BCUT2D eigenvalue weighted by molar-refractivity contribution is 5.85. The average Bonchev–Trinajstić information content (AvgIpc) is 2.84. The molecule has 1 aromatic heterocycles. The van der Waals surface area contributed by atoms with Crippen molar-refractivity contribution in [1.29, 1.82) is 0 Å². The summed E-state index contributed by atoms with van der Waals surface area (Å²) in [7, 11) is 0. The predicted molar refractivity (Wildman–Crippen MR) is 72.6 cm³/mol. The molecule has 0 bridgehead atoms. The van der Waals surface area contributed by atoms with E-state index in [1.165, 1.54) is 12.1 Å². The lowest BCUT2D eigenvalue weighted by molar-refractivity contribution is -0.135. The summed E-state index contributed by atoms with van der Waals surface area (Å²) in [4.78, 5) is 35.8. The fourth-order valence-electron chi connectivity index (χ4n) is 2.21. The van der Waals surface area contributed by atoms with Crippen LogP contribution in [0, 0.1) is 0 Å². The van der Waals surface area contributed by atoms with E-state index in [-0.39, 0.29) is 30.7 Å². The van der Waals surface area contributed by atoms with E-state index in [1.807, 2.05) is 0 Å². The number of carboxylic acids is 1. The summed E-state index contributed by atoms with van der Waals surface area (Å²) in [5.41, 5.74) is 0. The third-order valence-corrected chi connectivity index (χ3v) is 3.34. The maximum absolute atomic E-state index is 11.8. The van der Waals surface area contributed by atoms with E-state index in [4.69, 9.17) is 9.52 Å². The van der Waals surface area contributed by atoms with Crippen LogP contribution in [0.5, 0.6) is 0 Å². The van der Waals surface area contributed by atoms with Crippen LogP contribution in [-0.2, 0) is 16.1 Å². The van der Waals surface area contributed by atoms with Crippen molar-refractivity contribution in [2.75, 3.05) is 13.1 Å². The second-order valence-electron chi connectivity index (χ2n) is 4.97. The maximum atomic E-state index is 11.8. The van der Waals surface area contributed by atoms with E-state index in [0.29, 0.717) is 18.7 Å². The molecule has 1 aliphatic rings. The minimum Gasteiger partial charge on any atom is -0.475 e. The highest BCUT2D eigenvalue weighted by Gasteiger charge is 2.19. The number of furan rings is 1. The zero-order chi connectivity index (χ0) is 15.2. The van der Waals surface area contributed by atoms with Gasteiger partial charge in [-0.2, -0.15) is 0 Å². The summed E-state index contributed by atoms with van der Waals surface area (Å²) in [5.74, 6) is -1.22. The van der Waals surface area contributed by atoms with Crippen LogP contribution in [0.1, 0.15) is 42.0 Å². The molecule has 1 saturated heterocycles. The molecule has 1 fully saturated rings. The lowest BCUT2D eigenvalue weighted by Crippen LogP contribution is -2.40. The van der Waals surface area contributed by atoms with Crippen LogP contribution in [-0.4, -0.2) is 40.9 Å². The molecule has 0 atom stereocenters. The normalized spacial score (nSPS) is 15.6. The maximum Gasteiger partial charge on any atom is 0.371 e. The average molecular weight is 294 g/mol. The number of rotatable bonds is 5. The molecule has 114 valence electrons. The molecule has 1 aromatic rings. The molecule has 0 saturated carbocycles. The SMILES string of the molecule is O=C(CN1CCCCCC1=O)NCc1ccc(C(=O)O)o1. The van der Waals surface area contributed by atoms with Crippen molar-refractivity contribution >= 4 is 17.8 Å². The van der Waals surface area contributed by atoms with Crippen molar-refractivity contribution in [3.8, 4) is 0 Å². The van der Waals surface area contributed by atoms with E-state index in [0.717, 1.165) is 19.3 Å². The van der Waals surface area contributed by atoms with Crippen LogP contribution in [0.15, 0.2) is 16.5 Å². The van der Waals surface area contributed by atoms with Gasteiger partial charge in [-0.25, -0.2) is 4.79 Å². The van der Waals surface area contributed by atoms with Crippen molar-refractivity contribution in [2.24, 2.45) is 0 Å². The second-order valence-corrected chi connectivity index (χ2v) is 4.97. The fraction of sp³-hybridized carbons (Fsp3) is 0.500. The van der Waals surface area contributed by atoms with Gasteiger partial charge >= 0.3 is 5.97 Å². The van der Waals surface area contributed by atoms with E-state index < -0.39 is 5.97 Å². The molecule has 7 heteroatoms. The Kier molecular flexibility index (Phi) is 4.97. The Bertz CT molecular complexity index is 537. The minimum absolute atomic E-state index is 0.00816. The number of carboxylic acid groups (broad SMARTS) is 1. The lowest BCUT2D eigenvalue weighted by atomic mass is 10.2. The van der Waals surface area contributed by atoms with Crippen molar-refractivity contribution in [1.82, 2.24) is 10.2 Å². The zero-order valence-electron chi connectivity index (χ0n) is 11.6. The van der Waals surface area contributed by atoms with Crippen molar-refractivity contribution < 1.29 is 23.9 Å². The number of nitrogens with zero attached hydrogens (tertiary/aromatic N) is 1. The molecular weight excluding hydrogens is 276 g/mol. The van der Waals surface area contributed by atoms with Gasteiger partial charge in [-0.1, -0.05) is 6.42 Å². The van der Waals surface area contributed by atoms with Crippen LogP contribution in [0.25, 0.3) is 0 Å². The number of amides is 2. The predicted octanol–water partition coefficient (Wildman–Crippen LogP) is 0.997.